The second-order valence-corrected chi connectivity index (χ2v) is 6.97. The van der Waals surface area contributed by atoms with Crippen molar-refractivity contribution in [2.75, 3.05) is 79.2 Å². The number of nitrogens with zero attached hydrogens (tertiary/aromatic N) is 4. The zero-order valence-electron chi connectivity index (χ0n) is 15.2. The summed E-state index contributed by atoms with van der Waals surface area (Å²) in [7, 11) is 1.75. The van der Waals surface area contributed by atoms with E-state index >= 15 is 0 Å². The van der Waals surface area contributed by atoms with Crippen LogP contribution < -0.4 is 0 Å². The lowest BCUT2D eigenvalue weighted by Crippen LogP contribution is -2.54. The Hall–Kier alpha value is -0.690. The third-order valence-electron chi connectivity index (χ3n) is 5.04. The summed E-state index contributed by atoms with van der Waals surface area (Å²) >= 11 is 0. The van der Waals surface area contributed by atoms with Crippen molar-refractivity contribution in [2.45, 2.75) is 26.3 Å². The highest BCUT2D eigenvalue weighted by molar-refractivity contribution is 5.78. The monoisotopic (exact) mass is 326 g/mol. The molecule has 134 valence electrons. The Kier molecular flexibility index (Phi) is 7.76. The van der Waals surface area contributed by atoms with E-state index in [9.17, 15) is 4.79 Å². The van der Waals surface area contributed by atoms with Gasteiger partial charge in [0.1, 0.15) is 0 Å². The van der Waals surface area contributed by atoms with Crippen molar-refractivity contribution in [1.29, 1.82) is 0 Å². The standard InChI is InChI=1S/C17H34N4O2/c1-16(2)20-10-12-21(13-11-20)17(22)15-19-8-6-18(7-9-19)5-4-14-23-3/h16H,4-15H2,1-3H3. The maximum Gasteiger partial charge on any atom is 0.236 e. The van der Waals surface area contributed by atoms with Crippen LogP contribution >= 0.6 is 0 Å². The molecule has 0 aromatic rings. The number of methoxy groups -OCH3 is 1. The number of hydrogen-bond acceptors (Lipinski definition) is 5. The van der Waals surface area contributed by atoms with Crippen LogP contribution in [0.25, 0.3) is 0 Å². The van der Waals surface area contributed by atoms with Gasteiger partial charge in [0, 0.05) is 78.7 Å². The van der Waals surface area contributed by atoms with Gasteiger partial charge in [-0.15, -0.1) is 0 Å². The molecule has 0 spiro atoms. The summed E-state index contributed by atoms with van der Waals surface area (Å²) in [5.41, 5.74) is 0. The fourth-order valence-corrected chi connectivity index (χ4v) is 3.38. The number of piperazine rings is 2. The lowest BCUT2D eigenvalue weighted by molar-refractivity contribution is -0.134. The Morgan fingerprint density at radius 2 is 1.57 bits per heavy atom. The smallest absolute Gasteiger partial charge is 0.236 e. The minimum atomic E-state index is 0.307. The fraction of sp³-hybridized carbons (Fsp3) is 0.941. The van der Waals surface area contributed by atoms with Gasteiger partial charge in [-0.05, 0) is 20.3 Å². The second-order valence-electron chi connectivity index (χ2n) is 6.97. The molecule has 0 aromatic heterocycles. The molecule has 6 nitrogen and oxygen atoms in total. The molecule has 0 aromatic carbocycles. The van der Waals surface area contributed by atoms with Crippen LogP contribution in [0.2, 0.25) is 0 Å². The van der Waals surface area contributed by atoms with Gasteiger partial charge in [0.05, 0.1) is 6.54 Å². The molecule has 0 aliphatic carbocycles. The first-order valence-electron chi connectivity index (χ1n) is 9.05. The molecular weight excluding hydrogens is 292 g/mol. The van der Waals surface area contributed by atoms with Gasteiger partial charge in [-0.2, -0.15) is 0 Å². The predicted octanol–water partition coefficient (Wildman–Crippen LogP) is 0.193. The van der Waals surface area contributed by atoms with E-state index in [4.69, 9.17) is 4.74 Å². The minimum Gasteiger partial charge on any atom is -0.385 e. The van der Waals surface area contributed by atoms with E-state index in [1.807, 2.05) is 4.90 Å². The Labute approximate surface area is 141 Å². The van der Waals surface area contributed by atoms with E-state index in [-0.39, 0.29) is 0 Å². The van der Waals surface area contributed by atoms with E-state index < -0.39 is 0 Å². The Bertz CT molecular complexity index is 349. The molecule has 2 aliphatic heterocycles. The minimum absolute atomic E-state index is 0.307. The SMILES string of the molecule is COCCCN1CCN(CC(=O)N2CCN(C(C)C)CC2)CC1. The van der Waals surface area contributed by atoms with Crippen LogP contribution in [0, 0.1) is 0 Å². The lowest BCUT2D eigenvalue weighted by Gasteiger charge is -2.39. The van der Waals surface area contributed by atoms with Gasteiger partial charge >= 0.3 is 0 Å². The first-order valence-corrected chi connectivity index (χ1v) is 9.05. The second kappa shape index (κ2) is 9.57. The van der Waals surface area contributed by atoms with Crippen LogP contribution in [-0.2, 0) is 9.53 Å². The Balaban J connectivity index is 1.63. The number of ether oxygens (including phenoxy) is 1. The highest BCUT2D eigenvalue weighted by Crippen LogP contribution is 2.08. The van der Waals surface area contributed by atoms with E-state index in [2.05, 4.69) is 28.5 Å². The molecular formula is C17H34N4O2. The van der Waals surface area contributed by atoms with E-state index in [1.54, 1.807) is 7.11 Å². The molecule has 2 aliphatic rings. The molecule has 0 radical (unpaired) electrons. The van der Waals surface area contributed by atoms with Crippen molar-refractivity contribution in [1.82, 2.24) is 19.6 Å². The topological polar surface area (TPSA) is 39.3 Å². The van der Waals surface area contributed by atoms with Crippen LogP contribution in [-0.4, -0.2) is 111 Å². The maximum absolute atomic E-state index is 12.5. The molecule has 1 amide bonds. The van der Waals surface area contributed by atoms with Gasteiger partial charge in [-0.25, -0.2) is 0 Å². The Morgan fingerprint density at radius 1 is 0.957 bits per heavy atom. The molecule has 0 bridgehead atoms. The van der Waals surface area contributed by atoms with Gasteiger partial charge in [0.2, 0.25) is 5.91 Å². The largest absolute Gasteiger partial charge is 0.385 e. The summed E-state index contributed by atoms with van der Waals surface area (Å²) in [6, 6.07) is 0.582. The zero-order valence-corrected chi connectivity index (χ0v) is 15.2. The van der Waals surface area contributed by atoms with Crippen LogP contribution in [0.15, 0.2) is 0 Å². The summed E-state index contributed by atoms with van der Waals surface area (Å²) in [4.78, 5) is 21.7. The summed E-state index contributed by atoms with van der Waals surface area (Å²) in [6.07, 6.45) is 1.09. The molecule has 2 fully saturated rings. The normalized spacial score (nSPS) is 22.0. The van der Waals surface area contributed by atoms with Gasteiger partial charge < -0.3 is 14.5 Å². The van der Waals surface area contributed by atoms with Crippen molar-refractivity contribution in [2.24, 2.45) is 0 Å². The third-order valence-corrected chi connectivity index (χ3v) is 5.04. The maximum atomic E-state index is 12.5. The first kappa shape index (κ1) is 18.6. The predicted molar refractivity (Wildman–Crippen MR) is 92.7 cm³/mol. The number of amides is 1. The number of hydrogen-bond donors (Lipinski definition) is 0. The third kappa shape index (κ3) is 6.03. The number of rotatable bonds is 7. The molecule has 0 unspecified atom stereocenters. The molecule has 2 saturated heterocycles. The van der Waals surface area contributed by atoms with Crippen LogP contribution in [0.3, 0.4) is 0 Å². The summed E-state index contributed by atoms with van der Waals surface area (Å²) in [5.74, 6) is 0.307. The average molecular weight is 326 g/mol. The van der Waals surface area contributed by atoms with E-state index in [1.165, 1.54) is 0 Å². The molecule has 2 rings (SSSR count). The van der Waals surface area contributed by atoms with Crippen molar-refractivity contribution in [3.63, 3.8) is 0 Å². The van der Waals surface area contributed by atoms with Crippen LogP contribution in [0.4, 0.5) is 0 Å². The summed E-state index contributed by atoms with van der Waals surface area (Å²) in [5, 5.41) is 0. The van der Waals surface area contributed by atoms with Crippen molar-refractivity contribution < 1.29 is 9.53 Å². The molecule has 23 heavy (non-hydrogen) atoms. The Morgan fingerprint density at radius 3 is 2.13 bits per heavy atom. The molecule has 6 heteroatoms. The first-order chi connectivity index (χ1) is 11.1. The summed E-state index contributed by atoms with van der Waals surface area (Å²) < 4.78 is 5.11. The van der Waals surface area contributed by atoms with E-state index in [0.717, 1.165) is 71.9 Å². The van der Waals surface area contributed by atoms with Crippen LogP contribution in [0.1, 0.15) is 20.3 Å². The molecule has 2 heterocycles. The van der Waals surface area contributed by atoms with Crippen molar-refractivity contribution >= 4 is 5.91 Å². The van der Waals surface area contributed by atoms with Crippen molar-refractivity contribution in [3.8, 4) is 0 Å². The lowest BCUT2D eigenvalue weighted by atomic mass is 10.2. The molecule has 0 atom stereocenters. The number of carbonyl (C=O) groups is 1. The molecule has 0 saturated carbocycles. The molecule has 0 N–H and O–H groups in total. The highest BCUT2D eigenvalue weighted by atomic mass is 16.5. The van der Waals surface area contributed by atoms with Gasteiger partial charge in [-0.3, -0.25) is 14.6 Å². The van der Waals surface area contributed by atoms with E-state index in [0.29, 0.717) is 18.5 Å². The zero-order chi connectivity index (χ0) is 16.7. The van der Waals surface area contributed by atoms with Gasteiger partial charge in [0.15, 0.2) is 0 Å². The van der Waals surface area contributed by atoms with Gasteiger partial charge in [-0.1, -0.05) is 0 Å². The highest BCUT2D eigenvalue weighted by Gasteiger charge is 2.25. The van der Waals surface area contributed by atoms with Crippen molar-refractivity contribution in [3.05, 3.63) is 0 Å². The fourth-order valence-electron chi connectivity index (χ4n) is 3.38. The average Bonchev–Trinajstić information content (AvgIpc) is 2.56. The quantitative estimate of drug-likeness (QED) is 0.625. The van der Waals surface area contributed by atoms with Crippen LogP contribution in [0.5, 0.6) is 0 Å². The summed E-state index contributed by atoms with van der Waals surface area (Å²) in [6.45, 7) is 14.9. The van der Waals surface area contributed by atoms with Gasteiger partial charge in [0.25, 0.3) is 0 Å². The number of carbonyl (C=O) groups excluding carboxylic acids is 1.